The van der Waals surface area contributed by atoms with E-state index in [1.165, 1.54) is 0 Å². The van der Waals surface area contributed by atoms with Gasteiger partial charge >= 0.3 is 6.03 Å². The van der Waals surface area contributed by atoms with Crippen LogP contribution in [-0.2, 0) is 16.0 Å². The number of nitrogens with zero attached hydrogens (tertiary/aromatic N) is 3. The van der Waals surface area contributed by atoms with Gasteiger partial charge in [0.2, 0.25) is 0 Å². The minimum Gasteiger partial charge on any atom is -0.381 e. The normalized spacial score (nSPS) is 23.1. The highest BCUT2D eigenvalue weighted by Gasteiger charge is 2.31. The lowest BCUT2D eigenvalue weighted by atomic mass is 9.97. The van der Waals surface area contributed by atoms with Crippen LogP contribution >= 0.6 is 0 Å². The minimum atomic E-state index is -0.192. The highest BCUT2D eigenvalue weighted by atomic mass is 16.5. The highest BCUT2D eigenvalue weighted by molar-refractivity contribution is 5.88. The van der Waals surface area contributed by atoms with Crippen molar-refractivity contribution in [3.05, 3.63) is 12.4 Å². The van der Waals surface area contributed by atoms with Crippen LogP contribution in [-0.4, -0.2) is 72.8 Å². The molecule has 2 atom stereocenters. The van der Waals surface area contributed by atoms with Gasteiger partial charge < -0.3 is 20.1 Å². The fraction of sp³-hybridized carbons (Fsp3) is 0.750. The van der Waals surface area contributed by atoms with Crippen molar-refractivity contribution in [2.24, 2.45) is 5.92 Å². The molecule has 3 rings (SSSR count). The molecule has 0 saturated carbocycles. The molecule has 0 aliphatic carbocycles. The van der Waals surface area contributed by atoms with Gasteiger partial charge in [0.15, 0.2) is 0 Å². The Hall–Kier alpha value is -1.64. The molecular weight excluding hydrogens is 310 g/mol. The first-order valence-electron chi connectivity index (χ1n) is 8.73. The second kappa shape index (κ2) is 8.46. The van der Waals surface area contributed by atoms with E-state index in [0.29, 0.717) is 24.2 Å². The lowest BCUT2D eigenvalue weighted by molar-refractivity contribution is 0.00222. The van der Waals surface area contributed by atoms with Crippen molar-refractivity contribution in [3.63, 3.8) is 0 Å². The lowest BCUT2D eigenvalue weighted by Gasteiger charge is -2.37. The molecule has 0 unspecified atom stereocenters. The summed E-state index contributed by atoms with van der Waals surface area (Å²) in [6.07, 6.45) is 4.53. The van der Waals surface area contributed by atoms with Crippen LogP contribution in [0.2, 0.25) is 0 Å². The van der Waals surface area contributed by atoms with Gasteiger partial charge in [0.05, 0.1) is 31.7 Å². The first-order chi connectivity index (χ1) is 11.8. The average molecular weight is 337 g/mol. The predicted molar refractivity (Wildman–Crippen MR) is 90.0 cm³/mol. The van der Waals surface area contributed by atoms with E-state index >= 15 is 0 Å². The van der Waals surface area contributed by atoms with Crippen LogP contribution in [0.5, 0.6) is 0 Å². The van der Waals surface area contributed by atoms with E-state index in [2.05, 4.69) is 20.6 Å². The van der Waals surface area contributed by atoms with Crippen LogP contribution in [0.4, 0.5) is 10.5 Å². The van der Waals surface area contributed by atoms with E-state index in [1.807, 2.05) is 13.1 Å². The summed E-state index contributed by atoms with van der Waals surface area (Å²) in [5.74, 6) is 0.464. The average Bonchev–Trinajstić information content (AvgIpc) is 3.28. The maximum atomic E-state index is 12.2. The Morgan fingerprint density at radius 3 is 2.88 bits per heavy atom. The molecule has 1 aromatic heterocycles. The number of amides is 2. The summed E-state index contributed by atoms with van der Waals surface area (Å²) < 4.78 is 12.8. The van der Waals surface area contributed by atoms with Crippen molar-refractivity contribution in [1.29, 1.82) is 0 Å². The number of carbonyl (C=O) groups is 1. The largest absolute Gasteiger partial charge is 0.381 e. The van der Waals surface area contributed by atoms with Gasteiger partial charge in [-0.1, -0.05) is 0 Å². The van der Waals surface area contributed by atoms with Crippen molar-refractivity contribution in [2.45, 2.75) is 25.9 Å². The van der Waals surface area contributed by atoms with Crippen LogP contribution in [0, 0.1) is 5.92 Å². The van der Waals surface area contributed by atoms with Crippen molar-refractivity contribution in [1.82, 2.24) is 20.0 Å². The number of nitrogens with one attached hydrogen (secondary N) is 2. The fourth-order valence-electron chi connectivity index (χ4n) is 3.33. The number of aromatic nitrogens is 2. The molecule has 0 radical (unpaired) electrons. The summed E-state index contributed by atoms with van der Waals surface area (Å²) in [6, 6.07) is 0.100. The second-order valence-corrected chi connectivity index (χ2v) is 6.26. The monoisotopic (exact) mass is 337 g/mol. The third-order valence-electron chi connectivity index (χ3n) is 4.71. The molecule has 8 nitrogen and oxygen atoms in total. The topological polar surface area (TPSA) is 80.7 Å². The molecule has 0 spiro atoms. The lowest BCUT2D eigenvalue weighted by Crippen LogP contribution is -2.52. The van der Waals surface area contributed by atoms with E-state index in [-0.39, 0.29) is 6.03 Å². The Bertz CT molecular complexity index is 524. The summed E-state index contributed by atoms with van der Waals surface area (Å²) in [4.78, 5) is 14.6. The summed E-state index contributed by atoms with van der Waals surface area (Å²) >= 11 is 0. The maximum absolute atomic E-state index is 12.2. The Balaban J connectivity index is 1.52. The fourth-order valence-corrected chi connectivity index (χ4v) is 3.33. The Morgan fingerprint density at radius 1 is 1.38 bits per heavy atom. The molecule has 2 N–H and O–H groups in total. The van der Waals surface area contributed by atoms with Crippen LogP contribution in [0.25, 0.3) is 0 Å². The quantitative estimate of drug-likeness (QED) is 0.801. The predicted octanol–water partition coefficient (Wildman–Crippen LogP) is 0.762. The van der Waals surface area contributed by atoms with Gasteiger partial charge in [-0.2, -0.15) is 5.10 Å². The number of urea groups is 1. The summed E-state index contributed by atoms with van der Waals surface area (Å²) in [7, 11) is 0. The van der Waals surface area contributed by atoms with Gasteiger partial charge in [0, 0.05) is 50.9 Å². The molecular formula is C16H27N5O3. The Morgan fingerprint density at radius 2 is 2.21 bits per heavy atom. The van der Waals surface area contributed by atoms with E-state index in [4.69, 9.17) is 9.47 Å². The smallest absolute Gasteiger partial charge is 0.319 e. The number of rotatable bonds is 6. The summed E-state index contributed by atoms with van der Waals surface area (Å²) in [5, 5.41) is 10.0. The second-order valence-electron chi connectivity index (χ2n) is 6.26. The number of anilines is 1. The first-order valence-corrected chi connectivity index (χ1v) is 8.73. The van der Waals surface area contributed by atoms with Gasteiger partial charge in [-0.05, 0) is 13.3 Å². The number of aryl methyl sites for hydroxylation is 1. The van der Waals surface area contributed by atoms with Crippen molar-refractivity contribution < 1.29 is 14.3 Å². The number of hydrogen-bond donors (Lipinski definition) is 2. The zero-order valence-corrected chi connectivity index (χ0v) is 14.2. The van der Waals surface area contributed by atoms with E-state index in [9.17, 15) is 4.79 Å². The van der Waals surface area contributed by atoms with Crippen LogP contribution in [0.1, 0.15) is 13.3 Å². The molecule has 2 amide bonds. The van der Waals surface area contributed by atoms with Gasteiger partial charge in [-0.3, -0.25) is 9.58 Å². The number of hydrogen-bond acceptors (Lipinski definition) is 5. The first kappa shape index (κ1) is 17.2. The van der Waals surface area contributed by atoms with Crippen LogP contribution in [0.3, 0.4) is 0 Å². The third kappa shape index (κ3) is 4.46. The molecule has 2 fully saturated rings. The zero-order chi connectivity index (χ0) is 16.8. The molecule has 3 heterocycles. The van der Waals surface area contributed by atoms with Gasteiger partial charge in [-0.25, -0.2) is 4.79 Å². The van der Waals surface area contributed by atoms with Crippen molar-refractivity contribution in [2.75, 3.05) is 51.4 Å². The molecule has 0 bridgehead atoms. The molecule has 24 heavy (non-hydrogen) atoms. The van der Waals surface area contributed by atoms with E-state index in [1.54, 1.807) is 10.9 Å². The molecule has 2 saturated heterocycles. The Labute approximate surface area is 142 Å². The van der Waals surface area contributed by atoms with E-state index < -0.39 is 0 Å². The minimum absolute atomic E-state index is 0.192. The van der Waals surface area contributed by atoms with Gasteiger partial charge in [-0.15, -0.1) is 0 Å². The molecule has 134 valence electrons. The van der Waals surface area contributed by atoms with Crippen molar-refractivity contribution >= 4 is 11.7 Å². The number of carbonyl (C=O) groups excluding carboxylic acids is 1. The highest BCUT2D eigenvalue weighted by Crippen LogP contribution is 2.21. The SMILES string of the molecule is CCn1cc(NC(=O)NC[C@@H]([C@H]2CCOC2)N2CCOCC2)cn1. The molecule has 1 aromatic rings. The van der Waals surface area contributed by atoms with Gasteiger partial charge in [0.1, 0.15) is 0 Å². The third-order valence-corrected chi connectivity index (χ3v) is 4.71. The van der Waals surface area contributed by atoms with Crippen LogP contribution < -0.4 is 10.6 Å². The maximum Gasteiger partial charge on any atom is 0.319 e. The summed E-state index contributed by atoms with van der Waals surface area (Å²) in [6.45, 7) is 8.32. The zero-order valence-electron chi connectivity index (χ0n) is 14.2. The molecule has 2 aliphatic heterocycles. The van der Waals surface area contributed by atoms with E-state index in [0.717, 1.165) is 52.5 Å². The number of ether oxygens (including phenoxy) is 2. The van der Waals surface area contributed by atoms with Gasteiger partial charge in [0.25, 0.3) is 0 Å². The molecule has 8 heteroatoms. The molecule has 0 aromatic carbocycles. The Kier molecular flexibility index (Phi) is 6.06. The summed E-state index contributed by atoms with van der Waals surface area (Å²) in [5.41, 5.74) is 0.710. The number of morpholine rings is 1. The van der Waals surface area contributed by atoms with Crippen molar-refractivity contribution in [3.8, 4) is 0 Å². The molecule has 2 aliphatic rings. The standard InChI is InChI=1S/C16H27N5O3/c1-2-21-11-14(9-18-21)19-16(22)17-10-15(13-3-6-24-12-13)20-4-7-23-8-5-20/h9,11,13,15H,2-8,10,12H2,1H3,(H2,17,19,22)/t13-,15-/m0/s1. The van der Waals surface area contributed by atoms with Crippen LogP contribution in [0.15, 0.2) is 12.4 Å².